The fourth-order valence-corrected chi connectivity index (χ4v) is 2.25. The highest BCUT2D eigenvalue weighted by Gasteiger charge is 2.49. The number of carbonyl (C=O) groups excluding carboxylic acids is 1. The summed E-state index contributed by atoms with van der Waals surface area (Å²) in [6, 6.07) is 1.08. The summed E-state index contributed by atoms with van der Waals surface area (Å²) >= 11 is 0. The molecule has 1 aliphatic carbocycles. The molecule has 19 heavy (non-hydrogen) atoms. The van der Waals surface area contributed by atoms with Crippen molar-refractivity contribution < 1.29 is 24.0 Å². The molecule has 0 aromatic carbocycles. The van der Waals surface area contributed by atoms with E-state index in [4.69, 9.17) is 9.84 Å². The Balaban J connectivity index is 2.00. The minimum absolute atomic E-state index is 0.0325. The Kier molecular flexibility index (Phi) is 3.32. The zero-order valence-corrected chi connectivity index (χ0v) is 11.0. The maximum absolute atomic E-state index is 11.9. The number of aromatic carboxylic acids is 1. The zero-order valence-electron chi connectivity index (χ0n) is 11.0. The molecule has 1 aromatic rings. The van der Waals surface area contributed by atoms with Gasteiger partial charge in [-0.05, 0) is 6.42 Å². The van der Waals surface area contributed by atoms with Gasteiger partial charge in [0.2, 0.25) is 5.76 Å². The van der Waals surface area contributed by atoms with Crippen molar-refractivity contribution in [3.63, 3.8) is 0 Å². The van der Waals surface area contributed by atoms with Gasteiger partial charge in [0.1, 0.15) is 0 Å². The van der Waals surface area contributed by atoms with Gasteiger partial charge in [-0.2, -0.15) is 0 Å². The summed E-state index contributed by atoms with van der Waals surface area (Å²) in [5, 5.41) is 14.9. The van der Waals surface area contributed by atoms with Gasteiger partial charge in [0.25, 0.3) is 5.91 Å². The molecule has 2 atom stereocenters. The predicted octanol–water partition coefficient (Wildman–Crippen LogP) is 0.916. The third-order valence-corrected chi connectivity index (χ3v) is 3.72. The second-order valence-electron chi connectivity index (χ2n) is 5.19. The third-order valence-electron chi connectivity index (χ3n) is 3.72. The Hall–Kier alpha value is -1.89. The van der Waals surface area contributed by atoms with E-state index in [0.717, 1.165) is 12.5 Å². The molecule has 2 N–H and O–H groups in total. The number of amides is 1. The molecule has 1 saturated carbocycles. The van der Waals surface area contributed by atoms with E-state index in [1.165, 1.54) is 0 Å². The molecule has 104 valence electrons. The number of rotatable bonds is 4. The molecule has 1 heterocycles. The molecule has 7 heteroatoms. The number of carboxylic acid groups (broad SMARTS) is 1. The van der Waals surface area contributed by atoms with Crippen LogP contribution in [0, 0.1) is 5.41 Å². The van der Waals surface area contributed by atoms with Crippen molar-refractivity contribution in [1.29, 1.82) is 0 Å². The lowest BCUT2D eigenvalue weighted by atomic mass is 9.64. The van der Waals surface area contributed by atoms with Crippen molar-refractivity contribution >= 4 is 11.9 Å². The number of hydrogen-bond acceptors (Lipinski definition) is 5. The van der Waals surface area contributed by atoms with Crippen LogP contribution < -0.4 is 5.32 Å². The first-order chi connectivity index (χ1) is 8.86. The number of ether oxygens (including phenoxy) is 1. The molecule has 0 radical (unpaired) electrons. The van der Waals surface area contributed by atoms with Gasteiger partial charge in [-0.3, -0.25) is 4.79 Å². The predicted molar refractivity (Wildman–Crippen MR) is 63.9 cm³/mol. The van der Waals surface area contributed by atoms with Crippen LogP contribution in [0.2, 0.25) is 0 Å². The van der Waals surface area contributed by atoms with Gasteiger partial charge in [-0.1, -0.05) is 19.0 Å². The van der Waals surface area contributed by atoms with Gasteiger partial charge in [-0.15, -0.1) is 0 Å². The van der Waals surface area contributed by atoms with Gasteiger partial charge in [-0.25, -0.2) is 4.79 Å². The molecular weight excluding hydrogens is 252 g/mol. The summed E-state index contributed by atoms with van der Waals surface area (Å²) in [5.74, 6) is -2.05. The van der Waals surface area contributed by atoms with Crippen LogP contribution in [0.3, 0.4) is 0 Å². The van der Waals surface area contributed by atoms with Crippen molar-refractivity contribution in [2.75, 3.05) is 7.11 Å². The maximum Gasteiger partial charge on any atom is 0.374 e. The van der Waals surface area contributed by atoms with Crippen molar-refractivity contribution in [2.45, 2.75) is 32.4 Å². The normalized spacial score (nSPS) is 24.6. The van der Waals surface area contributed by atoms with Crippen LogP contribution in [0.1, 0.15) is 41.3 Å². The zero-order chi connectivity index (χ0) is 14.2. The molecule has 1 fully saturated rings. The molecule has 0 bridgehead atoms. The van der Waals surface area contributed by atoms with E-state index < -0.39 is 11.9 Å². The largest absolute Gasteiger partial charge is 0.475 e. The SMILES string of the molecule is COC1CC(NC(=O)c2cc(C(=O)O)on2)C1(C)C. The molecular formula is C12H16N2O5. The lowest BCUT2D eigenvalue weighted by Gasteiger charge is -2.51. The number of hydrogen-bond donors (Lipinski definition) is 2. The van der Waals surface area contributed by atoms with Gasteiger partial charge < -0.3 is 19.7 Å². The highest BCUT2D eigenvalue weighted by molar-refractivity contribution is 5.95. The third kappa shape index (κ3) is 2.33. The van der Waals surface area contributed by atoms with Crippen molar-refractivity contribution in [3.05, 3.63) is 17.5 Å². The maximum atomic E-state index is 11.9. The van der Waals surface area contributed by atoms with Crippen LogP contribution in [-0.4, -0.2) is 41.4 Å². The fourth-order valence-electron chi connectivity index (χ4n) is 2.25. The molecule has 0 aliphatic heterocycles. The van der Waals surface area contributed by atoms with Crippen LogP contribution in [0.25, 0.3) is 0 Å². The van der Waals surface area contributed by atoms with Gasteiger partial charge in [0.15, 0.2) is 5.69 Å². The molecule has 1 amide bonds. The highest BCUT2D eigenvalue weighted by atomic mass is 16.5. The standard InChI is InChI=1S/C12H16N2O5/c1-12(2)8(5-9(12)18-3)13-10(15)6-4-7(11(16)17)19-14-6/h4,8-9H,5H2,1-3H3,(H,13,15)(H,16,17). The number of nitrogens with zero attached hydrogens (tertiary/aromatic N) is 1. The number of carboxylic acids is 1. The second-order valence-corrected chi connectivity index (χ2v) is 5.19. The smallest absolute Gasteiger partial charge is 0.374 e. The monoisotopic (exact) mass is 268 g/mol. The molecule has 0 spiro atoms. The summed E-state index contributed by atoms with van der Waals surface area (Å²) in [7, 11) is 1.64. The average molecular weight is 268 g/mol. The van der Waals surface area contributed by atoms with E-state index in [2.05, 4.69) is 15.0 Å². The molecule has 2 rings (SSSR count). The van der Waals surface area contributed by atoms with Crippen molar-refractivity contribution in [2.24, 2.45) is 5.41 Å². The minimum atomic E-state index is -1.25. The highest BCUT2D eigenvalue weighted by Crippen LogP contribution is 2.42. The summed E-state index contributed by atoms with van der Waals surface area (Å²) in [6.45, 7) is 4.00. The molecule has 7 nitrogen and oxygen atoms in total. The Morgan fingerprint density at radius 3 is 2.74 bits per heavy atom. The number of methoxy groups -OCH3 is 1. The summed E-state index contributed by atoms with van der Waals surface area (Å²) in [6.07, 6.45) is 0.823. The lowest BCUT2D eigenvalue weighted by Crippen LogP contribution is -2.61. The number of nitrogens with one attached hydrogen (secondary N) is 1. The molecule has 1 aromatic heterocycles. The quantitative estimate of drug-likeness (QED) is 0.841. The van der Waals surface area contributed by atoms with Gasteiger partial charge in [0.05, 0.1) is 6.10 Å². The molecule has 1 aliphatic rings. The Morgan fingerprint density at radius 1 is 1.58 bits per heavy atom. The van der Waals surface area contributed by atoms with Gasteiger partial charge in [0, 0.05) is 24.6 Å². The van der Waals surface area contributed by atoms with Gasteiger partial charge >= 0.3 is 5.97 Å². The first kappa shape index (κ1) is 13.5. The minimum Gasteiger partial charge on any atom is -0.475 e. The van der Waals surface area contributed by atoms with E-state index >= 15 is 0 Å². The van der Waals surface area contributed by atoms with Crippen molar-refractivity contribution in [1.82, 2.24) is 10.5 Å². The van der Waals surface area contributed by atoms with E-state index in [9.17, 15) is 9.59 Å². The van der Waals surface area contributed by atoms with E-state index in [0.29, 0.717) is 0 Å². The molecule has 2 unspecified atom stereocenters. The number of aromatic nitrogens is 1. The summed E-state index contributed by atoms with van der Waals surface area (Å²) in [4.78, 5) is 22.5. The van der Waals surface area contributed by atoms with Crippen LogP contribution >= 0.6 is 0 Å². The fraction of sp³-hybridized carbons (Fsp3) is 0.583. The Morgan fingerprint density at radius 2 is 2.26 bits per heavy atom. The first-order valence-electron chi connectivity index (χ1n) is 5.90. The Labute approximate surface area is 109 Å². The van der Waals surface area contributed by atoms with Crippen LogP contribution in [0.5, 0.6) is 0 Å². The van der Waals surface area contributed by atoms with E-state index in [1.807, 2.05) is 13.8 Å². The summed E-state index contributed by atoms with van der Waals surface area (Å²) in [5.41, 5.74) is -0.196. The van der Waals surface area contributed by atoms with Crippen molar-refractivity contribution in [3.8, 4) is 0 Å². The van der Waals surface area contributed by atoms with Crippen LogP contribution in [-0.2, 0) is 4.74 Å². The van der Waals surface area contributed by atoms with E-state index in [-0.39, 0.29) is 29.0 Å². The summed E-state index contributed by atoms with van der Waals surface area (Å²) < 4.78 is 9.83. The van der Waals surface area contributed by atoms with Crippen LogP contribution in [0.4, 0.5) is 0 Å². The molecule has 0 saturated heterocycles. The Bertz CT molecular complexity index is 508. The first-order valence-corrected chi connectivity index (χ1v) is 5.90. The number of carbonyl (C=O) groups is 2. The van der Waals surface area contributed by atoms with Crippen LogP contribution in [0.15, 0.2) is 10.6 Å². The topological polar surface area (TPSA) is 102 Å². The van der Waals surface area contributed by atoms with E-state index in [1.54, 1.807) is 7.11 Å². The second kappa shape index (κ2) is 4.65. The lowest BCUT2D eigenvalue weighted by molar-refractivity contribution is -0.0942. The average Bonchev–Trinajstić information content (AvgIpc) is 2.83.